The largest absolute Gasteiger partial charge is 0.351 e. The van der Waals surface area contributed by atoms with Crippen LogP contribution in [0.5, 0.6) is 0 Å². The first-order valence-corrected chi connectivity index (χ1v) is 8.83. The number of hydrogen-bond acceptors (Lipinski definition) is 2. The van der Waals surface area contributed by atoms with Crippen molar-refractivity contribution in [2.45, 2.75) is 39.8 Å². The normalized spacial score (nSPS) is 12.2. The smallest absolute Gasteiger partial charge is 0.234 e. The Morgan fingerprint density at radius 1 is 1.00 bits per heavy atom. The fourth-order valence-corrected chi connectivity index (χ4v) is 2.77. The average molecular weight is 342 g/mol. The number of rotatable bonds is 8. The minimum atomic E-state index is -0.273. The van der Waals surface area contributed by atoms with E-state index < -0.39 is 0 Å². The van der Waals surface area contributed by atoms with Crippen molar-refractivity contribution >= 4 is 5.91 Å². The van der Waals surface area contributed by atoms with Crippen LogP contribution in [0.1, 0.15) is 43.5 Å². The van der Waals surface area contributed by atoms with Crippen molar-refractivity contribution in [3.8, 4) is 0 Å². The van der Waals surface area contributed by atoms with E-state index in [1.165, 1.54) is 23.3 Å². The van der Waals surface area contributed by atoms with Gasteiger partial charge in [0.15, 0.2) is 0 Å². The number of halogens is 1. The van der Waals surface area contributed by atoms with Gasteiger partial charge in [-0.05, 0) is 41.2 Å². The highest BCUT2D eigenvalue weighted by Crippen LogP contribution is 2.22. The molecule has 2 aromatic carbocycles. The molecule has 0 aliphatic carbocycles. The van der Waals surface area contributed by atoms with E-state index in [9.17, 15) is 9.18 Å². The van der Waals surface area contributed by atoms with Crippen LogP contribution in [0.25, 0.3) is 0 Å². The highest BCUT2D eigenvalue weighted by atomic mass is 19.1. The molecular weight excluding hydrogens is 315 g/mol. The van der Waals surface area contributed by atoms with Crippen LogP contribution in [0.4, 0.5) is 4.39 Å². The Labute approximate surface area is 149 Å². The molecule has 0 saturated heterocycles. The highest BCUT2D eigenvalue weighted by Gasteiger charge is 2.16. The van der Waals surface area contributed by atoms with Gasteiger partial charge in [0.05, 0.1) is 6.54 Å². The second-order valence-corrected chi connectivity index (χ2v) is 6.60. The molecule has 3 nitrogen and oxygen atoms in total. The summed E-state index contributed by atoms with van der Waals surface area (Å²) in [4.78, 5) is 12.1. The minimum Gasteiger partial charge on any atom is -0.351 e. The number of amides is 1. The number of carbonyl (C=O) groups is 1. The molecule has 0 aliphatic rings. The van der Waals surface area contributed by atoms with E-state index in [2.05, 4.69) is 55.7 Å². The van der Waals surface area contributed by atoms with E-state index in [-0.39, 0.29) is 24.3 Å². The lowest BCUT2D eigenvalue weighted by atomic mass is 9.95. The second-order valence-electron chi connectivity index (χ2n) is 6.60. The summed E-state index contributed by atoms with van der Waals surface area (Å²) in [5, 5.41) is 6.20. The Balaban J connectivity index is 1.87. The van der Waals surface area contributed by atoms with Gasteiger partial charge >= 0.3 is 0 Å². The predicted octanol–water partition coefficient (Wildman–Crippen LogP) is 3.99. The highest BCUT2D eigenvalue weighted by molar-refractivity contribution is 5.78. The number of aryl methyl sites for hydroxylation is 1. The lowest BCUT2D eigenvalue weighted by Crippen LogP contribution is -2.37. The van der Waals surface area contributed by atoms with Gasteiger partial charge in [-0.1, -0.05) is 57.2 Å². The van der Waals surface area contributed by atoms with Crippen LogP contribution in [0, 0.1) is 11.7 Å². The topological polar surface area (TPSA) is 41.1 Å². The van der Waals surface area contributed by atoms with Crippen molar-refractivity contribution in [3.05, 3.63) is 71.0 Å². The number of benzene rings is 2. The Morgan fingerprint density at radius 3 is 2.16 bits per heavy atom. The lowest BCUT2D eigenvalue weighted by molar-refractivity contribution is -0.120. The van der Waals surface area contributed by atoms with Gasteiger partial charge in [0.2, 0.25) is 5.91 Å². The molecule has 0 saturated carbocycles. The predicted molar refractivity (Wildman–Crippen MR) is 99.6 cm³/mol. The maximum Gasteiger partial charge on any atom is 0.234 e. The van der Waals surface area contributed by atoms with Crippen LogP contribution in [0.2, 0.25) is 0 Å². The Hall–Kier alpha value is -2.20. The van der Waals surface area contributed by atoms with E-state index in [1.807, 2.05) is 0 Å². The first-order chi connectivity index (χ1) is 12.0. The summed E-state index contributed by atoms with van der Waals surface area (Å²) >= 11 is 0. The standard InChI is InChI=1S/C21H27FN2O/c1-4-16-5-9-18(10-6-16)21(15(2)3)24-14-20(25)23-13-17-7-11-19(22)12-8-17/h5-12,15,21,24H,4,13-14H2,1-3H3,(H,23,25)/t21-/m0/s1. The molecule has 0 radical (unpaired) electrons. The van der Waals surface area contributed by atoms with Gasteiger partial charge in [-0.3, -0.25) is 4.79 Å². The molecule has 0 aromatic heterocycles. The molecule has 0 fully saturated rings. The third-order valence-corrected chi connectivity index (χ3v) is 4.30. The van der Waals surface area contributed by atoms with Crippen molar-refractivity contribution in [2.24, 2.45) is 5.92 Å². The van der Waals surface area contributed by atoms with Crippen LogP contribution in [0.15, 0.2) is 48.5 Å². The summed E-state index contributed by atoms with van der Waals surface area (Å²) in [5.74, 6) is 0.0307. The summed E-state index contributed by atoms with van der Waals surface area (Å²) in [5.41, 5.74) is 3.38. The van der Waals surface area contributed by atoms with Crippen LogP contribution in [0.3, 0.4) is 0 Å². The van der Waals surface area contributed by atoms with Gasteiger partial charge in [-0.25, -0.2) is 4.39 Å². The number of nitrogens with one attached hydrogen (secondary N) is 2. The summed E-state index contributed by atoms with van der Waals surface area (Å²) in [6, 6.07) is 14.8. The molecule has 2 N–H and O–H groups in total. The van der Waals surface area contributed by atoms with Crippen molar-refractivity contribution < 1.29 is 9.18 Å². The zero-order chi connectivity index (χ0) is 18.2. The van der Waals surface area contributed by atoms with Crippen LogP contribution >= 0.6 is 0 Å². The van der Waals surface area contributed by atoms with Crippen LogP contribution < -0.4 is 10.6 Å². The minimum absolute atomic E-state index is 0.0693. The molecule has 134 valence electrons. The van der Waals surface area contributed by atoms with E-state index >= 15 is 0 Å². The maximum absolute atomic E-state index is 12.9. The molecule has 0 aliphatic heterocycles. The summed E-state index contributed by atoms with van der Waals surface area (Å²) in [6.45, 7) is 7.07. The number of carbonyl (C=O) groups excluding carboxylic acids is 1. The fraction of sp³-hybridized carbons (Fsp3) is 0.381. The van der Waals surface area contributed by atoms with Crippen molar-refractivity contribution in [1.29, 1.82) is 0 Å². The van der Waals surface area contributed by atoms with Crippen molar-refractivity contribution in [3.63, 3.8) is 0 Å². The molecule has 1 atom stereocenters. The molecule has 1 amide bonds. The SMILES string of the molecule is CCc1ccc([C@@H](NCC(=O)NCc2ccc(F)cc2)C(C)C)cc1. The summed E-state index contributed by atoms with van der Waals surface area (Å²) < 4.78 is 12.9. The third kappa shape index (κ3) is 5.98. The van der Waals surface area contributed by atoms with Gasteiger partial charge in [0.25, 0.3) is 0 Å². The van der Waals surface area contributed by atoms with E-state index in [0.717, 1.165) is 12.0 Å². The average Bonchev–Trinajstić information content (AvgIpc) is 2.61. The monoisotopic (exact) mass is 342 g/mol. The first-order valence-electron chi connectivity index (χ1n) is 8.83. The van der Waals surface area contributed by atoms with E-state index in [0.29, 0.717) is 12.5 Å². The molecule has 2 aromatic rings. The molecule has 4 heteroatoms. The van der Waals surface area contributed by atoms with E-state index in [1.54, 1.807) is 12.1 Å². The zero-order valence-corrected chi connectivity index (χ0v) is 15.2. The fourth-order valence-electron chi connectivity index (χ4n) is 2.77. The molecule has 2 rings (SSSR count). The Morgan fingerprint density at radius 2 is 1.60 bits per heavy atom. The maximum atomic E-state index is 12.9. The molecular formula is C21H27FN2O. The van der Waals surface area contributed by atoms with Gasteiger partial charge < -0.3 is 10.6 Å². The first kappa shape index (κ1) is 19.1. The third-order valence-electron chi connectivity index (χ3n) is 4.30. The number of hydrogen-bond donors (Lipinski definition) is 2. The molecule has 25 heavy (non-hydrogen) atoms. The van der Waals surface area contributed by atoms with Crippen LogP contribution in [-0.4, -0.2) is 12.5 Å². The lowest BCUT2D eigenvalue weighted by Gasteiger charge is -2.23. The summed E-state index contributed by atoms with van der Waals surface area (Å²) in [7, 11) is 0. The zero-order valence-electron chi connectivity index (χ0n) is 15.2. The molecule has 0 heterocycles. The van der Waals surface area contributed by atoms with Gasteiger partial charge in [0.1, 0.15) is 5.82 Å². The quantitative estimate of drug-likeness (QED) is 0.761. The van der Waals surface area contributed by atoms with Crippen molar-refractivity contribution in [1.82, 2.24) is 10.6 Å². The summed E-state index contributed by atoms with van der Waals surface area (Å²) in [6.07, 6.45) is 1.02. The van der Waals surface area contributed by atoms with Gasteiger partial charge in [-0.2, -0.15) is 0 Å². The van der Waals surface area contributed by atoms with E-state index in [4.69, 9.17) is 0 Å². The Bertz CT molecular complexity index is 665. The Kier molecular flexibility index (Phi) is 7.14. The second kappa shape index (κ2) is 9.33. The van der Waals surface area contributed by atoms with Gasteiger partial charge in [-0.15, -0.1) is 0 Å². The van der Waals surface area contributed by atoms with Crippen LogP contribution in [-0.2, 0) is 17.8 Å². The molecule has 0 unspecified atom stereocenters. The molecule has 0 bridgehead atoms. The van der Waals surface area contributed by atoms with Crippen molar-refractivity contribution in [2.75, 3.05) is 6.54 Å². The van der Waals surface area contributed by atoms with Gasteiger partial charge in [0, 0.05) is 12.6 Å². The molecule has 0 spiro atoms.